The molecule has 0 bridgehead atoms. The summed E-state index contributed by atoms with van der Waals surface area (Å²) in [5, 5.41) is 25.0. The van der Waals surface area contributed by atoms with E-state index >= 15 is 0 Å². The maximum atomic E-state index is 14.4. The van der Waals surface area contributed by atoms with E-state index < -0.39 is 70.4 Å². The van der Waals surface area contributed by atoms with Crippen LogP contribution in [0.3, 0.4) is 0 Å². The number of imidazole rings is 2. The molecule has 6 aliphatic heterocycles. The number of aromatic carboxylic acids is 2. The van der Waals surface area contributed by atoms with Gasteiger partial charge in [-0.1, -0.05) is 39.7 Å². The van der Waals surface area contributed by atoms with E-state index in [1.165, 1.54) is 60.4 Å². The van der Waals surface area contributed by atoms with Crippen LogP contribution in [-0.2, 0) is 33.2 Å². The van der Waals surface area contributed by atoms with Gasteiger partial charge < -0.3 is 49.3 Å². The summed E-state index contributed by atoms with van der Waals surface area (Å²) in [6, 6.07) is 12.4. The molecule has 4 atom stereocenters. The average Bonchev–Trinajstić information content (AvgIpc) is 1.40. The van der Waals surface area contributed by atoms with Gasteiger partial charge in [-0.05, 0) is 66.2 Å². The monoisotopic (exact) mass is 1320 g/mol. The predicted molar refractivity (Wildman–Crippen MR) is 321 cm³/mol. The molecule has 4 saturated heterocycles. The number of nitrogens with one attached hydrogen (secondary N) is 2. The van der Waals surface area contributed by atoms with Gasteiger partial charge in [0.15, 0.2) is 23.3 Å². The summed E-state index contributed by atoms with van der Waals surface area (Å²) >= 11 is 9.89. The molecule has 0 spiro atoms. The Balaban J connectivity index is 0.000000185. The first-order valence-corrected chi connectivity index (χ1v) is 29.1. The normalized spacial score (nSPS) is 20.2. The Bertz CT molecular complexity index is 3810. The van der Waals surface area contributed by atoms with Crippen molar-refractivity contribution in [2.75, 3.05) is 89.5 Å². The molecule has 0 aliphatic carbocycles. The first kappa shape index (κ1) is 62.2. The van der Waals surface area contributed by atoms with Crippen LogP contribution in [0.25, 0.3) is 0 Å². The summed E-state index contributed by atoms with van der Waals surface area (Å²) in [6.07, 6.45) is 6.76. The fourth-order valence-corrected chi connectivity index (χ4v) is 12.7. The Morgan fingerprint density at radius 1 is 0.611 bits per heavy atom. The molecule has 2 aromatic heterocycles. The molecule has 0 radical (unpaired) electrons. The number of nitrogens with zero attached hydrogens (tertiary/aromatic N) is 12. The van der Waals surface area contributed by atoms with Crippen molar-refractivity contribution in [3.05, 3.63) is 187 Å². The smallest absolute Gasteiger partial charge is 0.338 e. The lowest BCUT2D eigenvalue weighted by atomic mass is 9.95. The van der Waals surface area contributed by atoms with Crippen LogP contribution in [0.4, 0.5) is 38.5 Å². The van der Waals surface area contributed by atoms with Gasteiger partial charge in [0.25, 0.3) is 0 Å². The van der Waals surface area contributed by atoms with Gasteiger partial charge in [-0.3, -0.25) is 29.6 Å². The summed E-state index contributed by atoms with van der Waals surface area (Å²) in [4.78, 5) is 104. The molecule has 0 unspecified atom stereocenters. The highest BCUT2D eigenvalue weighted by Crippen LogP contribution is 2.40. The average molecular weight is 1320 g/mol. The number of aliphatic imine (C=N–C) groups is 2. The van der Waals surface area contributed by atoms with E-state index in [1.807, 2.05) is 7.05 Å². The quantitative estimate of drug-likeness (QED) is 0.0670. The molecule has 0 saturated carbocycles. The molecule has 90 heavy (non-hydrogen) atoms. The summed E-state index contributed by atoms with van der Waals surface area (Å²) in [5.41, 5.74) is 2.03. The maximum absolute atomic E-state index is 14.4. The van der Waals surface area contributed by atoms with Crippen molar-refractivity contribution in [1.82, 2.24) is 49.3 Å². The molecule has 6 aromatic rings. The van der Waals surface area contributed by atoms with Crippen molar-refractivity contribution < 1.29 is 66.0 Å². The number of amides is 4. The maximum Gasteiger partial charge on any atom is 0.338 e. The van der Waals surface area contributed by atoms with Crippen LogP contribution in [0.15, 0.2) is 135 Å². The number of fused-ring (bicyclic) bond motifs is 2. The Morgan fingerprint density at radius 3 is 1.43 bits per heavy atom. The second kappa shape index (κ2) is 25.6. The molecule has 12 rings (SSSR count). The number of halogens is 6. The number of esters is 2. The third-order valence-corrected chi connectivity index (χ3v) is 17.3. The van der Waals surface area contributed by atoms with Gasteiger partial charge in [-0.25, -0.2) is 56.3 Å². The SMILES string of the molecule is COC(=O)C1=C(CN2CCN3C(=O)N(c4ccc(C(=O)O)c(F)c4)C[C@@H]3C2)NC(c2nccn2C)=N[C@H]1c1ccc(F)cc1Br.COC(=O)C1=C(CN2CCN3C(=O)N(c4ccc(C(=O)O)c(F)c4)C[C@@H]3C2)NC(c2nccn2C)=N[C@H]1c1ccc(F)cc1Cl. The second-order valence-electron chi connectivity index (χ2n) is 21.7. The molecule has 468 valence electrons. The van der Waals surface area contributed by atoms with Crippen molar-refractivity contribution in [1.29, 1.82) is 0 Å². The molecule has 4 fully saturated rings. The lowest BCUT2D eigenvalue weighted by molar-refractivity contribution is -0.137. The van der Waals surface area contributed by atoms with Crippen molar-refractivity contribution >= 4 is 86.5 Å². The third-order valence-electron chi connectivity index (χ3n) is 16.3. The van der Waals surface area contributed by atoms with Gasteiger partial charge in [-0.15, -0.1) is 0 Å². The molecule has 4 N–H and O–H groups in total. The minimum absolute atomic E-state index is 0.0941. The number of aromatic nitrogens is 4. The van der Waals surface area contributed by atoms with Gasteiger partial charge in [0.05, 0.1) is 48.6 Å². The first-order valence-electron chi connectivity index (χ1n) is 27.9. The number of hydrogen-bond acceptors (Lipinski definition) is 16. The molecule has 8 heterocycles. The summed E-state index contributed by atoms with van der Waals surface area (Å²) in [6.45, 7) is 3.57. The number of urea groups is 2. The Morgan fingerprint density at radius 2 is 1.04 bits per heavy atom. The van der Waals surface area contributed by atoms with Gasteiger partial charge in [0.1, 0.15) is 35.4 Å². The van der Waals surface area contributed by atoms with Crippen LogP contribution >= 0.6 is 27.5 Å². The van der Waals surface area contributed by atoms with Crippen LogP contribution in [0.5, 0.6) is 0 Å². The van der Waals surface area contributed by atoms with Crippen molar-refractivity contribution in [2.45, 2.75) is 24.2 Å². The number of benzene rings is 4. The highest BCUT2D eigenvalue weighted by atomic mass is 79.9. The topological polar surface area (TPSA) is 265 Å². The van der Waals surface area contributed by atoms with Crippen molar-refractivity contribution in [2.24, 2.45) is 24.1 Å². The minimum Gasteiger partial charge on any atom is -0.478 e. The highest BCUT2D eigenvalue weighted by Gasteiger charge is 2.45. The molecule has 30 heteroatoms. The largest absolute Gasteiger partial charge is 0.478 e. The number of carbonyl (C=O) groups excluding carboxylic acids is 4. The van der Waals surface area contributed by atoms with Crippen LogP contribution < -0.4 is 20.4 Å². The Kier molecular flexibility index (Phi) is 17.7. The number of anilines is 2. The number of rotatable bonds is 14. The van der Waals surface area contributed by atoms with Crippen LogP contribution in [0.1, 0.15) is 55.6 Å². The molecular formula is C60H56BrClF4N14O10. The molecular weight excluding hydrogens is 1270 g/mol. The lowest BCUT2D eigenvalue weighted by Crippen LogP contribution is -2.53. The second-order valence-corrected chi connectivity index (χ2v) is 23.0. The fourth-order valence-electron chi connectivity index (χ4n) is 11.9. The molecule has 4 amide bonds. The van der Waals surface area contributed by atoms with E-state index in [9.17, 15) is 46.3 Å². The van der Waals surface area contributed by atoms with Gasteiger partial charge >= 0.3 is 35.9 Å². The van der Waals surface area contributed by atoms with E-state index in [4.69, 9.17) is 41.3 Å². The highest BCUT2D eigenvalue weighted by molar-refractivity contribution is 9.10. The molecule has 24 nitrogen and oxygen atoms in total. The lowest BCUT2D eigenvalue weighted by Gasteiger charge is -2.38. The number of amidine groups is 2. The van der Waals surface area contributed by atoms with E-state index in [0.29, 0.717) is 89.6 Å². The van der Waals surface area contributed by atoms with Gasteiger partial charge in [0, 0.05) is 142 Å². The Hall–Kier alpha value is -9.45. The van der Waals surface area contributed by atoms with E-state index in [1.54, 1.807) is 56.8 Å². The van der Waals surface area contributed by atoms with E-state index in [2.05, 4.69) is 46.3 Å². The predicted octanol–water partition coefficient (Wildman–Crippen LogP) is 6.50. The van der Waals surface area contributed by atoms with E-state index in [0.717, 1.165) is 30.3 Å². The number of carboxylic acid groups (broad SMARTS) is 2. The van der Waals surface area contributed by atoms with Crippen LogP contribution in [-0.4, -0.2) is 188 Å². The van der Waals surface area contributed by atoms with Crippen molar-refractivity contribution in [3.63, 3.8) is 0 Å². The summed E-state index contributed by atoms with van der Waals surface area (Å²) in [5.74, 6) is -5.02. The summed E-state index contributed by atoms with van der Waals surface area (Å²) in [7, 11) is 6.16. The Labute approximate surface area is 524 Å². The molecule has 6 aliphatic rings. The van der Waals surface area contributed by atoms with Crippen molar-refractivity contribution in [3.8, 4) is 0 Å². The van der Waals surface area contributed by atoms with Gasteiger partial charge in [0.2, 0.25) is 0 Å². The first-order chi connectivity index (χ1) is 43.1. The standard InChI is InChI=1S/C30H28BrF2N7O5.C30H28ClF2N7O5/c2*1-37-8-7-34-27(37)26-35-23(24(29(43)45-2)25(36-26)19-5-3-16(32)11-21(19)31)15-38-9-10-39-18(13-38)14-40(30(39)44)17-4-6-20(28(41)42)22(33)12-17/h2*3-8,11-12,18,25H,9-10,13-15H2,1-2H3,(H,35,36)(H,41,42)/t2*18-,25-/m00/s1. The zero-order valence-electron chi connectivity index (χ0n) is 48.4. The number of carbonyl (C=O) groups is 6. The number of piperazine rings is 2. The third kappa shape index (κ3) is 12.2. The fraction of sp³-hybridized carbons (Fsp3) is 0.300. The number of methoxy groups -OCH3 is 2. The van der Waals surface area contributed by atoms with Crippen LogP contribution in [0, 0.1) is 23.3 Å². The zero-order chi connectivity index (χ0) is 64.0. The van der Waals surface area contributed by atoms with E-state index in [-0.39, 0.29) is 77.9 Å². The molecule has 4 aromatic carbocycles. The number of hydrogen-bond donors (Lipinski definition) is 4. The zero-order valence-corrected chi connectivity index (χ0v) is 50.8. The number of aryl methyl sites for hydroxylation is 2. The minimum atomic E-state index is -1.39. The summed E-state index contributed by atoms with van der Waals surface area (Å²) < 4.78 is 71.2. The van der Waals surface area contributed by atoms with Gasteiger partial charge in [-0.2, -0.15) is 0 Å². The number of carboxylic acids is 2. The number of ether oxygens (including phenoxy) is 2. The van der Waals surface area contributed by atoms with Crippen LogP contribution in [0.2, 0.25) is 5.02 Å².